The summed E-state index contributed by atoms with van der Waals surface area (Å²) in [7, 11) is 0. The maximum atomic E-state index is 12.9. The molecule has 0 atom stereocenters. The van der Waals surface area contributed by atoms with Crippen molar-refractivity contribution in [3.63, 3.8) is 0 Å². The van der Waals surface area contributed by atoms with Gasteiger partial charge in [-0.2, -0.15) is 0 Å². The van der Waals surface area contributed by atoms with Crippen LogP contribution in [0.2, 0.25) is 0 Å². The fourth-order valence-electron chi connectivity index (χ4n) is 2.01. The van der Waals surface area contributed by atoms with Gasteiger partial charge in [0.25, 0.3) is 0 Å². The van der Waals surface area contributed by atoms with E-state index >= 15 is 0 Å². The topological polar surface area (TPSA) is 25.5 Å². The van der Waals surface area contributed by atoms with Crippen LogP contribution < -0.4 is 0 Å². The summed E-state index contributed by atoms with van der Waals surface area (Å²) in [6, 6.07) is 12.2. The summed E-state index contributed by atoms with van der Waals surface area (Å²) in [5.41, 5.74) is 2.60. The normalized spacial score (nSPS) is 12.0. The summed E-state index contributed by atoms with van der Waals surface area (Å²) in [6.07, 6.45) is 3.38. The number of fused-ring (bicyclic) bond motifs is 1. The van der Waals surface area contributed by atoms with Gasteiger partial charge in [-0.3, -0.25) is 4.99 Å². The second-order valence-electron chi connectivity index (χ2n) is 4.36. The van der Waals surface area contributed by atoms with Crippen LogP contribution in [-0.2, 0) is 0 Å². The van der Waals surface area contributed by atoms with Crippen molar-refractivity contribution in [2.24, 2.45) is 4.99 Å². The maximum absolute atomic E-state index is 12.9. The maximum Gasteiger partial charge on any atom is 0.123 e. The molecule has 2 aromatic carbocycles. The number of hydrogen-bond donors (Lipinski definition) is 0. The molecule has 0 amide bonds. The molecule has 2 nitrogen and oxygen atoms in total. The summed E-state index contributed by atoms with van der Waals surface area (Å²) < 4.78 is 18.1. The number of nitrogens with zero attached hydrogens (tertiary/aromatic N) is 1. The van der Waals surface area contributed by atoms with Gasteiger partial charge in [0.1, 0.15) is 12.1 Å². The Morgan fingerprint density at radius 1 is 1.05 bits per heavy atom. The molecular weight excluding hydrogens is 241 g/mol. The van der Waals surface area contributed by atoms with Crippen molar-refractivity contribution in [1.29, 1.82) is 0 Å². The Kier molecular flexibility index (Phi) is 2.88. The zero-order chi connectivity index (χ0) is 13.2. The molecule has 0 unspecified atom stereocenters. The van der Waals surface area contributed by atoms with E-state index < -0.39 is 0 Å². The molecule has 3 heteroatoms. The minimum Gasteiger partial charge on any atom is -0.471 e. The zero-order valence-corrected chi connectivity index (χ0v) is 10.4. The molecule has 0 bridgehead atoms. The lowest BCUT2D eigenvalue weighted by molar-refractivity contribution is 0.572. The van der Waals surface area contributed by atoms with Gasteiger partial charge in [0.2, 0.25) is 0 Å². The third-order valence-corrected chi connectivity index (χ3v) is 3.05. The van der Waals surface area contributed by atoms with Crippen LogP contribution in [0.4, 0.5) is 10.1 Å². The third kappa shape index (κ3) is 2.27. The molecule has 1 heterocycles. The summed E-state index contributed by atoms with van der Waals surface area (Å²) in [5, 5.41) is 2.00. The van der Waals surface area contributed by atoms with Crippen LogP contribution in [0.1, 0.15) is 12.5 Å². The number of furan rings is 1. The van der Waals surface area contributed by atoms with Gasteiger partial charge >= 0.3 is 0 Å². The van der Waals surface area contributed by atoms with Crippen LogP contribution in [0, 0.1) is 5.82 Å². The van der Waals surface area contributed by atoms with E-state index in [4.69, 9.17) is 4.42 Å². The van der Waals surface area contributed by atoms with Gasteiger partial charge in [-0.05, 0) is 30.7 Å². The van der Waals surface area contributed by atoms with Gasteiger partial charge in [-0.15, -0.1) is 0 Å². The third-order valence-electron chi connectivity index (χ3n) is 3.05. The van der Waals surface area contributed by atoms with E-state index in [-0.39, 0.29) is 5.82 Å². The predicted molar refractivity (Wildman–Crippen MR) is 74.5 cm³/mol. The molecule has 1 aromatic heterocycles. The Balaban J connectivity index is 2.05. The molecule has 19 heavy (non-hydrogen) atoms. The first-order valence-corrected chi connectivity index (χ1v) is 6.00. The monoisotopic (exact) mass is 253 g/mol. The number of benzene rings is 2. The molecule has 0 aliphatic heterocycles. The van der Waals surface area contributed by atoms with Crippen LogP contribution >= 0.6 is 0 Å². The molecule has 0 fully saturated rings. The fourth-order valence-corrected chi connectivity index (χ4v) is 2.01. The highest BCUT2D eigenvalue weighted by Gasteiger charge is 2.03. The first-order chi connectivity index (χ1) is 9.24. The molecule has 3 rings (SSSR count). The number of rotatable bonds is 2. The molecule has 0 N–H and O–H groups in total. The first kappa shape index (κ1) is 11.7. The van der Waals surface area contributed by atoms with E-state index in [9.17, 15) is 4.39 Å². The van der Waals surface area contributed by atoms with E-state index in [0.29, 0.717) is 0 Å². The minimum atomic E-state index is -0.242. The second-order valence-corrected chi connectivity index (χ2v) is 4.36. The summed E-state index contributed by atoms with van der Waals surface area (Å²) in [4.78, 5) is 4.59. The smallest absolute Gasteiger partial charge is 0.123 e. The first-order valence-electron chi connectivity index (χ1n) is 6.00. The van der Waals surface area contributed by atoms with Crippen LogP contribution in [0.15, 0.2) is 64.4 Å². The quantitative estimate of drug-likeness (QED) is 0.607. The molecule has 0 aliphatic rings. The summed E-state index contributed by atoms with van der Waals surface area (Å²) >= 11 is 0. The van der Waals surface area contributed by atoms with Crippen LogP contribution in [-0.4, -0.2) is 5.71 Å². The van der Waals surface area contributed by atoms with Crippen molar-refractivity contribution in [2.45, 2.75) is 6.92 Å². The lowest BCUT2D eigenvalue weighted by atomic mass is 10.1. The van der Waals surface area contributed by atoms with Crippen molar-refractivity contribution >= 4 is 22.2 Å². The van der Waals surface area contributed by atoms with Crippen molar-refractivity contribution < 1.29 is 8.81 Å². The SMILES string of the molecule is CC(=Nc1cccc2cocc12)c1ccc(F)cc1. The van der Waals surface area contributed by atoms with Crippen molar-refractivity contribution in [3.8, 4) is 0 Å². The van der Waals surface area contributed by atoms with E-state index in [1.807, 2.05) is 25.1 Å². The molecule has 0 saturated heterocycles. The average molecular weight is 253 g/mol. The van der Waals surface area contributed by atoms with Crippen molar-refractivity contribution in [1.82, 2.24) is 0 Å². The highest BCUT2D eigenvalue weighted by Crippen LogP contribution is 2.27. The Bertz CT molecular complexity index is 741. The summed E-state index contributed by atoms with van der Waals surface area (Å²) in [5.74, 6) is -0.242. The van der Waals surface area contributed by atoms with Gasteiger partial charge in [0.05, 0.1) is 12.0 Å². The molecule has 0 saturated carbocycles. The highest BCUT2D eigenvalue weighted by molar-refractivity contribution is 6.03. The van der Waals surface area contributed by atoms with E-state index in [0.717, 1.165) is 27.7 Å². The van der Waals surface area contributed by atoms with Gasteiger partial charge < -0.3 is 4.42 Å². The average Bonchev–Trinajstić information content (AvgIpc) is 2.89. The van der Waals surface area contributed by atoms with E-state index in [1.165, 1.54) is 12.1 Å². The largest absolute Gasteiger partial charge is 0.471 e. The lowest BCUT2D eigenvalue weighted by Gasteiger charge is -2.02. The van der Waals surface area contributed by atoms with Crippen LogP contribution in [0.3, 0.4) is 0 Å². The number of aliphatic imine (C=N–C) groups is 1. The molecule has 94 valence electrons. The predicted octanol–water partition coefficient (Wildman–Crippen LogP) is 4.71. The van der Waals surface area contributed by atoms with Crippen molar-refractivity contribution in [2.75, 3.05) is 0 Å². The van der Waals surface area contributed by atoms with Gasteiger partial charge in [0, 0.05) is 16.5 Å². The standard InChI is InChI=1S/C16H12FNO/c1-11(12-5-7-14(17)8-6-12)18-16-4-2-3-13-9-19-10-15(13)16/h2-10H,1H3. The van der Waals surface area contributed by atoms with Gasteiger partial charge in [-0.25, -0.2) is 4.39 Å². The van der Waals surface area contributed by atoms with Crippen LogP contribution in [0.25, 0.3) is 10.8 Å². The molecular formula is C16H12FNO. The Morgan fingerprint density at radius 3 is 2.63 bits per heavy atom. The van der Waals surface area contributed by atoms with Crippen LogP contribution in [0.5, 0.6) is 0 Å². The van der Waals surface area contributed by atoms with E-state index in [2.05, 4.69) is 4.99 Å². The van der Waals surface area contributed by atoms with E-state index in [1.54, 1.807) is 24.7 Å². The van der Waals surface area contributed by atoms with Gasteiger partial charge in [-0.1, -0.05) is 24.3 Å². The fraction of sp³-hybridized carbons (Fsp3) is 0.0625. The minimum absolute atomic E-state index is 0.242. The lowest BCUT2D eigenvalue weighted by Crippen LogP contribution is -1.93. The number of hydrogen-bond acceptors (Lipinski definition) is 2. The Morgan fingerprint density at radius 2 is 1.84 bits per heavy atom. The number of halogens is 1. The second kappa shape index (κ2) is 4.69. The Hall–Kier alpha value is -2.42. The molecule has 0 spiro atoms. The molecule has 0 aliphatic carbocycles. The van der Waals surface area contributed by atoms with Crippen molar-refractivity contribution in [3.05, 3.63) is 66.4 Å². The molecule has 3 aromatic rings. The van der Waals surface area contributed by atoms with Gasteiger partial charge in [0.15, 0.2) is 0 Å². The Labute approximate surface area is 110 Å². The summed E-state index contributed by atoms with van der Waals surface area (Å²) in [6.45, 7) is 1.91. The highest BCUT2D eigenvalue weighted by atomic mass is 19.1. The zero-order valence-electron chi connectivity index (χ0n) is 10.4. The molecule has 0 radical (unpaired) electrons.